The average molecular weight is 447 g/mol. The van der Waals surface area contributed by atoms with Crippen LogP contribution in [0.15, 0.2) is 18.3 Å². The highest BCUT2D eigenvalue weighted by molar-refractivity contribution is 6.33. The SMILES string of the molecule is CC[C@H]1CN(C(=O)Nc2cc(C)c(F)cc2Cl)CCN1c1nc(N)nc2c1cnn2C. The minimum atomic E-state index is -0.409. The fourth-order valence-corrected chi connectivity index (χ4v) is 4.06. The average Bonchev–Trinajstić information content (AvgIpc) is 3.11. The van der Waals surface area contributed by atoms with Gasteiger partial charge in [-0.3, -0.25) is 4.68 Å². The number of aromatic nitrogens is 4. The number of nitrogens with one attached hydrogen (secondary N) is 1. The van der Waals surface area contributed by atoms with Crippen molar-refractivity contribution in [1.29, 1.82) is 0 Å². The summed E-state index contributed by atoms with van der Waals surface area (Å²) in [5.74, 6) is 0.496. The van der Waals surface area contributed by atoms with Crippen LogP contribution in [-0.2, 0) is 7.05 Å². The molecule has 3 N–H and O–H groups in total. The predicted octanol–water partition coefficient (Wildman–Crippen LogP) is 3.18. The number of hydrogen-bond donors (Lipinski definition) is 2. The molecular formula is C20H24ClFN8O. The number of carbonyl (C=O) groups is 1. The van der Waals surface area contributed by atoms with E-state index >= 15 is 0 Å². The lowest BCUT2D eigenvalue weighted by Gasteiger charge is -2.42. The summed E-state index contributed by atoms with van der Waals surface area (Å²) in [6, 6.07) is 2.49. The quantitative estimate of drug-likeness (QED) is 0.640. The first-order valence-electron chi connectivity index (χ1n) is 10.0. The third-order valence-electron chi connectivity index (χ3n) is 5.59. The second-order valence-corrected chi connectivity index (χ2v) is 8.03. The van der Waals surface area contributed by atoms with Crippen molar-refractivity contribution in [2.75, 3.05) is 35.6 Å². The Bertz CT molecular complexity index is 1150. The number of rotatable bonds is 3. The second kappa shape index (κ2) is 8.18. The van der Waals surface area contributed by atoms with Gasteiger partial charge in [-0.15, -0.1) is 0 Å². The van der Waals surface area contributed by atoms with Gasteiger partial charge in [0.05, 0.1) is 22.3 Å². The van der Waals surface area contributed by atoms with Gasteiger partial charge in [0.1, 0.15) is 11.6 Å². The summed E-state index contributed by atoms with van der Waals surface area (Å²) in [4.78, 5) is 25.5. The molecule has 0 spiro atoms. The van der Waals surface area contributed by atoms with Gasteiger partial charge in [-0.2, -0.15) is 15.1 Å². The Balaban J connectivity index is 1.54. The van der Waals surface area contributed by atoms with Crippen molar-refractivity contribution in [3.63, 3.8) is 0 Å². The molecule has 1 aliphatic rings. The molecule has 1 saturated heterocycles. The number of nitrogens with zero attached hydrogens (tertiary/aromatic N) is 6. The minimum Gasteiger partial charge on any atom is -0.368 e. The van der Waals surface area contributed by atoms with Gasteiger partial charge in [0, 0.05) is 32.7 Å². The molecule has 0 radical (unpaired) electrons. The van der Waals surface area contributed by atoms with Gasteiger partial charge >= 0.3 is 6.03 Å². The molecule has 2 aromatic heterocycles. The maximum atomic E-state index is 13.7. The second-order valence-electron chi connectivity index (χ2n) is 7.62. The molecule has 2 amide bonds. The number of piperazine rings is 1. The highest BCUT2D eigenvalue weighted by Crippen LogP contribution is 2.29. The van der Waals surface area contributed by atoms with Gasteiger partial charge in [-0.05, 0) is 31.0 Å². The summed E-state index contributed by atoms with van der Waals surface area (Å²) in [5, 5.41) is 8.06. The van der Waals surface area contributed by atoms with E-state index in [4.69, 9.17) is 17.3 Å². The van der Waals surface area contributed by atoms with Crippen LogP contribution in [0.1, 0.15) is 18.9 Å². The zero-order valence-corrected chi connectivity index (χ0v) is 18.3. The first kappa shape index (κ1) is 21.1. The summed E-state index contributed by atoms with van der Waals surface area (Å²) in [5.41, 5.74) is 7.41. The molecule has 1 aliphatic heterocycles. The lowest BCUT2D eigenvalue weighted by molar-refractivity contribution is 0.197. The van der Waals surface area contributed by atoms with Crippen LogP contribution >= 0.6 is 11.6 Å². The van der Waals surface area contributed by atoms with Crippen molar-refractivity contribution in [1.82, 2.24) is 24.6 Å². The van der Waals surface area contributed by atoms with Crippen LogP contribution in [0.3, 0.4) is 0 Å². The standard InChI is InChI=1S/C20H24ClFN8O/c1-4-12-10-29(20(31)25-16-7-11(2)15(22)8-14(16)21)5-6-30(12)18-13-9-24-28(3)17(13)26-19(23)27-18/h7-9,12H,4-6,10H2,1-3H3,(H,25,31)(H2,23,26,27)/t12-/m0/s1. The molecular weight excluding hydrogens is 423 g/mol. The molecule has 0 unspecified atom stereocenters. The number of nitrogens with two attached hydrogens (primary N) is 1. The third-order valence-corrected chi connectivity index (χ3v) is 5.91. The topological polar surface area (TPSA) is 105 Å². The smallest absolute Gasteiger partial charge is 0.322 e. The normalized spacial score (nSPS) is 16.7. The Kier molecular flexibility index (Phi) is 5.57. The van der Waals surface area contributed by atoms with E-state index in [0.29, 0.717) is 36.5 Å². The number of carbonyl (C=O) groups excluding carboxylic acids is 1. The highest BCUT2D eigenvalue weighted by Gasteiger charge is 2.31. The number of urea groups is 1. The molecule has 3 heterocycles. The number of amides is 2. The van der Waals surface area contributed by atoms with Crippen molar-refractivity contribution >= 4 is 46.1 Å². The van der Waals surface area contributed by atoms with Crippen molar-refractivity contribution in [2.45, 2.75) is 26.3 Å². The molecule has 1 atom stereocenters. The molecule has 0 saturated carbocycles. The Morgan fingerprint density at radius 3 is 2.87 bits per heavy atom. The van der Waals surface area contributed by atoms with Crippen molar-refractivity contribution in [2.24, 2.45) is 7.05 Å². The summed E-state index contributed by atoms with van der Waals surface area (Å²) >= 11 is 6.10. The molecule has 164 valence electrons. The molecule has 1 aromatic carbocycles. The number of halogens is 2. The Labute approximate surface area is 184 Å². The summed E-state index contributed by atoms with van der Waals surface area (Å²) < 4.78 is 15.3. The molecule has 11 heteroatoms. The first-order chi connectivity index (χ1) is 14.8. The maximum Gasteiger partial charge on any atom is 0.322 e. The largest absolute Gasteiger partial charge is 0.368 e. The van der Waals surface area contributed by atoms with E-state index in [0.717, 1.165) is 17.6 Å². The van der Waals surface area contributed by atoms with Crippen LogP contribution in [0.25, 0.3) is 11.0 Å². The Hall–Kier alpha value is -3.14. The number of nitrogen functional groups attached to an aromatic ring is 1. The van der Waals surface area contributed by atoms with E-state index in [1.807, 2.05) is 0 Å². The first-order valence-corrected chi connectivity index (χ1v) is 10.4. The summed E-state index contributed by atoms with van der Waals surface area (Å²) in [7, 11) is 1.81. The summed E-state index contributed by atoms with van der Waals surface area (Å²) in [6.45, 7) is 5.23. The van der Waals surface area contributed by atoms with E-state index in [1.165, 1.54) is 12.1 Å². The van der Waals surface area contributed by atoms with Crippen molar-refractivity contribution < 1.29 is 9.18 Å². The van der Waals surface area contributed by atoms with Gasteiger partial charge < -0.3 is 20.9 Å². The number of anilines is 3. The zero-order valence-electron chi connectivity index (χ0n) is 17.6. The fourth-order valence-electron chi connectivity index (χ4n) is 3.86. The zero-order chi connectivity index (χ0) is 22.3. The van der Waals surface area contributed by atoms with Gasteiger partial charge in [-0.1, -0.05) is 18.5 Å². The van der Waals surface area contributed by atoms with Gasteiger partial charge in [-0.25, -0.2) is 9.18 Å². The van der Waals surface area contributed by atoms with Gasteiger partial charge in [0.15, 0.2) is 5.65 Å². The third kappa shape index (κ3) is 3.95. The number of benzene rings is 1. The number of fused-ring (bicyclic) bond motifs is 1. The molecule has 4 rings (SSSR count). The van der Waals surface area contributed by atoms with Gasteiger partial charge in [0.2, 0.25) is 5.95 Å². The number of aryl methyl sites for hydroxylation is 2. The van der Waals surface area contributed by atoms with Gasteiger partial charge in [0.25, 0.3) is 0 Å². The van der Waals surface area contributed by atoms with Crippen molar-refractivity contribution in [3.8, 4) is 0 Å². The molecule has 0 aliphatic carbocycles. The molecule has 3 aromatic rings. The molecule has 31 heavy (non-hydrogen) atoms. The summed E-state index contributed by atoms with van der Waals surface area (Å²) in [6.07, 6.45) is 2.53. The molecule has 9 nitrogen and oxygen atoms in total. The Morgan fingerprint density at radius 2 is 2.13 bits per heavy atom. The van der Waals surface area contributed by atoms with Crippen LogP contribution < -0.4 is 16.0 Å². The maximum absolute atomic E-state index is 13.7. The van der Waals surface area contributed by atoms with Crippen LogP contribution in [0.5, 0.6) is 0 Å². The monoisotopic (exact) mass is 446 g/mol. The van der Waals surface area contributed by atoms with Crippen molar-refractivity contribution in [3.05, 3.63) is 34.7 Å². The fraction of sp³-hybridized carbons (Fsp3) is 0.400. The van der Waals surface area contributed by atoms with E-state index < -0.39 is 5.82 Å². The predicted molar refractivity (Wildman–Crippen MR) is 119 cm³/mol. The Morgan fingerprint density at radius 1 is 1.35 bits per heavy atom. The molecule has 0 bridgehead atoms. The van der Waals surface area contributed by atoms with Crippen LogP contribution in [-0.4, -0.2) is 56.4 Å². The van der Waals surface area contributed by atoms with Crippen LogP contribution in [0, 0.1) is 12.7 Å². The van der Waals surface area contributed by atoms with Crippen LogP contribution in [0.4, 0.5) is 26.6 Å². The minimum absolute atomic E-state index is 0.0302. The lowest BCUT2D eigenvalue weighted by Crippen LogP contribution is -2.56. The van der Waals surface area contributed by atoms with E-state index in [2.05, 4.69) is 32.2 Å². The number of hydrogen-bond acceptors (Lipinski definition) is 6. The van der Waals surface area contributed by atoms with E-state index in [-0.39, 0.29) is 23.0 Å². The lowest BCUT2D eigenvalue weighted by atomic mass is 10.1. The molecule has 1 fully saturated rings. The van der Waals surface area contributed by atoms with Crippen LogP contribution in [0.2, 0.25) is 5.02 Å². The van der Waals surface area contributed by atoms with E-state index in [9.17, 15) is 9.18 Å². The van der Waals surface area contributed by atoms with E-state index in [1.54, 1.807) is 29.7 Å². The highest BCUT2D eigenvalue weighted by atomic mass is 35.5.